The molecule has 1 unspecified atom stereocenters. The number of anilines is 1. The van der Waals surface area contributed by atoms with Gasteiger partial charge in [0.2, 0.25) is 5.91 Å². The van der Waals surface area contributed by atoms with Crippen molar-refractivity contribution in [3.05, 3.63) is 29.8 Å². The Morgan fingerprint density at radius 1 is 1.38 bits per heavy atom. The van der Waals surface area contributed by atoms with Crippen LogP contribution >= 0.6 is 0 Å². The maximum absolute atomic E-state index is 12.2. The third-order valence-electron chi connectivity index (χ3n) is 4.18. The summed E-state index contributed by atoms with van der Waals surface area (Å²) in [6.45, 7) is 4.73. The molecule has 0 radical (unpaired) electrons. The van der Waals surface area contributed by atoms with Crippen molar-refractivity contribution in [2.75, 3.05) is 32.0 Å². The number of likely N-dealkylation sites (N-methyl/N-ethyl adjacent to an activating group) is 1. The van der Waals surface area contributed by atoms with Gasteiger partial charge in [0.05, 0.1) is 6.54 Å². The molecule has 4 heteroatoms. The molecule has 1 atom stereocenters. The number of nitrogens with zero attached hydrogens (tertiary/aromatic N) is 1. The number of hydrogen-bond acceptors (Lipinski definition) is 3. The van der Waals surface area contributed by atoms with Crippen molar-refractivity contribution in [1.82, 2.24) is 10.2 Å². The van der Waals surface area contributed by atoms with E-state index in [1.807, 2.05) is 18.2 Å². The van der Waals surface area contributed by atoms with Crippen LogP contribution in [-0.4, -0.2) is 43.5 Å². The molecule has 1 aromatic carbocycles. The zero-order valence-electron chi connectivity index (χ0n) is 13.2. The van der Waals surface area contributed by atoms with Gasteiger partial charge >= 0.3 is 0 Å². The molecule has 1 fully saturated rings. The molecule has 1 saturated heterocycles. The van der Waals surface area contributed by atoms with Crippen molar-refractivity contribution in [1.29, 1.82) is 0 Å². The first-order valence-electron chi connectivity index (χ1n) is 7.98. The zero-order chi connectivity index (χ0) is 15.1. The third kappa shape index (κ3) is 5.14. The van der Waals surface area contributed by atoms with Crippen molar-refractivity contribution in [2.24, 2.45) is 0 Å². The Hall–Kier alpha value is -1.39. The van der Waals surface area contributed by atoms with Gasteiger partial charge in [0.15, 0.2) is 0 Å². The van der Waals surface area contributed by atoms with E-state index in [4.69, 9.17) is 0 Å². The minimum atomic E-state index is 0.0722. The van der Waals surface area contributed by atoms with Crippen LogP contribution in [0.3, 0.4) is 0 Å². The summed E-state index contributed by atoms with van der Waals surface area (Å²) in [6, 6.07) is 8.59. The molecule has 0 aromatic heterocycles. The van der Waals surface area contributed by atoms with Gasteiger partial charge in [-0.3, -0.25) is 9.69 Å². The van der Waals surface area contributed by atoms with Crippen LogP contribution in [0.4, 0.5) is 5.69 Å². The monoisotopic (exact) mass is 289 g/mol. The fraction of sp³-hybridized carbons (Fsp3) is 0.588. The molecular formula is C17H27N3O. The van der Waals surface area contributed by atoms with Gasteiger partial charge in [0, 0.05) is 11.7 Å². The van der Waals surface area contributed by atoms with Gasteiger partial charge in [-0.25, -0.2) is 0 Å². The van der Waals surface area contributed by atoms with E-state index in [1.165, 1.54) is 18.4 Å². The number of carbonyl (C=O) groups is 1. The van der Waals surface area contributed by atoms with Crippen LogP contribution in [0.5, 0.6) is 0 Å². The highest BCUT2D eigenvalue weighted by Crippen LogP contribution is 2.13. The molecule has 0 aliphatic carbocycles. The highest BCUT2D eigenvalue weighted by molar-refractivity contribution is 5.92. The number of amides is 1. The average Bonchev–Trinajstić information content (AvgIpc) is 2.76. The van der Waals surface area contributed by atoms with Crippen molar-refractivity contribution in [3.8, 4) is 0 Å². The van der Waals surface area contributed by atoms with E-state index in [0.29, 0.717) is 12.6 Å². The summed E-state index contributed by atoms with van der Waals surface area (Å²) in [7, 11) is 2.05. The highest BCUT2D eigenvalue weighted by atomic mass is 16.2. The first-order valence-corrected chi connectivity index (χ1v) is 7.98. The molecule has 116 valence electrons. The van der Waals surface area contributed by atoms with Gasteiger partial charge in [0.25, 0.3) is 0 Å². The first kappa shape index (κ1) is 16.0. The molecule has 0 bridgehead atoms. The van der Waals surface area contributed by atoms with Crippen LogP contribution in [0.1, 0.15) is 31.7 Å². The molecule has 0 saturated carbocycles. The number of aryl methyl sites for hydroxylation is 1. The Bertz CT molecular complexity index is 453. The maximum Gasteiger partial charge on any atom is 0.238 e. The minimum absolute atomic E-state index is 0.0722. The van der Waals surface area contributed by atoms with E-state index in [1.54, 1.807) is 0 Å². The smallest absolute Gasteiger partial charge is 0.238 e. The van der Waals surface area contributed by atoms with Gasteiger partial charge in [-0.1, -0.05) is 19.1 Å². The zero-order valence-corrected chi connectivity index (χ0v) is 13.2. The molecule has 1 amide bonds. The van der Waals surface area contributed by atoms with Crippen LogP contribution in [0.25, 0.3) is 0 Å². The molecule has 4 nitrogen and oxygen atoms in total. The summed E-state index contributed by atoms with van der Waals surface area (Å²) in [5, 5.41) is 6.42. The first-order chi connectivity index (χ1) is 10.2. The fourth-order valence-electron chi connectivity index (χ4n) is 2.87. The summed E-state index contributed by atoms with van der Waals surface area (Å²) in [6.07, 6.45) is 4.46. The SMILES string of the molecule is CCc1cccc(NC(=O)CN(C)C2CCCNCC2)c1. The van der Waals surface area contributed by atoms with Crippen LogP contribution in [0, 0.1) is 0 Å². The van der Waals surface area contributed by atoms with Crippen molar-refractivity contribution in [2.45, 2.75) is 38.6 Å². The van der Waals surface area contributed by atoms with Gasteiger partial charge in [-0.05, 0) is 63.5 Å². The Morgan fingerprint density at radius 3 is 3.05 bits per heavy atom. The molecule has 1 aromatic rings. The van der Waals surface area contributed by atoms with Crippen LogP contribution in [-0.2, 0) is 11.2 Å². The molecule has 1 aliphatic rings. The lowest BCUT2D eigenvalue weighted by Gasteiger charge is -2.26. The molecule has 2 rings (SSSR count). The largest absolute Gasteiger partial charge is 0.325 e. The maximum atomic E-state index is 12.2. The molecule has 1 heterocycles. The summed E-state index contributed by atoms with van der Waals surface area (Å²) in [4.78, 5) is 14.4. The predicted molar refractivity (Wildman–Crippen MR) is 87.6 cm³/mol. The predicted octanol–water partition coefficient (Wildman–Crippen LogP) is 2.26. The van der Waals surface area contributed by atoms with Crippen LogP contribution in [0.15, 0.2) is 24.3 Å². The van der Waals surface area contributed by atoms with E-state index in [0.717, 1.165) is 31.6 Å². The molecule has 2 N–H and O–H groups in total. The summed E-state index contributed by atoms with van der Waals surface area (Å²) in [5.74, 6) is 0.0722. The third-order valence-corrected chi connectivity index (χ3v) is 4.18. The van der Waals surface area contributed by atoms with Crippen molar-refractivity contribution >= 4 is 11.6 Å². The van der Waals surface area contributed by atoms with Crippen LogP contribution in [0.2, 0.25) is 0 Å². The second-order valence-corrected chi connectivity index (χ2v) is 5.85. The Morgan fingerprint density at radius 2 is 2.24 bits per heavy atom. The van der Waals surface area contributed by atoms with Gasteiger partial charge in [0.1, 0.15) is 0 Å². The number of rotatable bonds is 5. The summed E-state index contributed by atoms with van der Waals surface area (Å²) >= 11 is 0. The van der Waals surface area contributed by atoms with Crippen LogP contribution < -0.4 is 10.6 Å². The second-order valence-electron chi connectivity index (χ2n) is 5.85. The molecule has 21 heavy (non-hydrogen) atoms. The fourth-order valence-corrected chi connectivity index (χ4v) is 2.87. The normalized spacial score (nSPS) is 19.3. The highest BCUT2D eigenvalue weighted by Gasteiger charge is 2.18. The van der Waals surface area contributed by atoms with Crippen molar-refractivity contribution < 1.29 is 4.79 Å². The quantitative estimate of drug-likeness (QED) is 0.874. The lowest BCUT2D eigenvalue weighted by molar-refractivity contribution is -0.117. The molecule has 0 spiro atoms. The van der Waals surface area contributed by atoms with Crippen molar-refractivity contribution in [3.63, 3.8) is 0 Å². The van der Waals surface area contributed by atoms with Gasteiger partial charge < -0.3 is 10.6 Å². The molecule has 1 aliphatic heterocycles. The Labute approximate surface area is 127 Å². The Balaban J connectivity index is 1.85. The summed E-state index contributed by atoms with van der Waals surface area (Å²) in [5.41, 5.74) is 2.14. The molecular weight excluding hydrogens is 262 g/mol. The standard InChI is InChI=1S/C17H27N3O/c1-3-14-6-4-7-15(12-14)19-17(21)13-20(2)16-8-5-10-18-11-9-16/h4,6-7,12,16,18H,3,5,8-11,13H2,1-2H3,(H,19,21). The van der Waals surface area contributed by atoms with E-state index >= 15 is 0 Å². The summed E-state index contributed by atoms with van der Waals surface area (Å²) < 4.78 is 0. The van der Waals surface area contributed by atoms with E-state index in [9.17, 15) is 4.79 Å². The lowest BCUT2D eigenvalue weighted by Crippen LogP contribution is -2.38. The lowest BCUT2D eigenvalue weighted by atomic mass is 10.1. The van der Waals surface area contributed by atoms with Gasteiger partial charge in [-0.2, -0.15) is 0 Å². The Kier molecular flexibility index (Phi) is 6.21. The van der Waals surface area contributed by atoms with Gasteiger partial charge in [-0.15, -0.1) is 0 Å². The van der Waals surface area contributed by atoms with E-state index in [-0.39, 0.29) is 5.91 Å². The number of hydrogen-bond donors (Lipinski definition) is 2. The second kappa shape index (κ2) is 8.15. The average molecular weight is 289 g/mol. The number of benzene rings is 1. The number of carbonyl (C=O) groups excluding carboxylic acids is 1. The number of nitrogens with one attached hydrogen (secondary N) is 2. The van der Waals surface area contributed by atoms with E-state index < -0.39 is 0 Å². The minimum Gasteiger partial charge on any atom is -0.325 e. The van der Waals surface area contributed by atoms with E-state index in [2.05, 4.69) is 35.6 Å². The topological polar surface area (TPSA) is 44.4 Å².